The Morgan fingerprint density at radius 1 is 1.04 bits per heavy atom. The first-order valence-corrected chi connectivity index (χ1v) is 8.92. The summed E-state index contributed by atoms with van der Waals surface area (Å²) in [7, 11) is 1.39. The van der Waals surface area contributed by atoms with Crippen LogP contribution in [0.1, 0.15) is 17.2 Å². The van der Waals surface area contributed by atoms with E-state index >= 15 is 0 Å². The highest BCUT2D eigenvalue weighted by Crippen LogP contribution is 2.35. The fraction of sp³-hybridized carbons (Fsp3) is 0.0909. The van der Waals surface area contributed by atoms with E-state index in [1.54, 1.807) is 12.1 Å². The van der Waals surface area contributed by atoms with E-state index in [0.29, 0.717) is 5.02 Å². The van der Waals surface area contributed by atoms with Gasteiger partial charge in [0.25, 0.3) is 0 Å². The molecular weight excluding hydrogens is 360 g/mol. The van der Waals surface area contributed by atoms with Crippen molar-refractivity contribution in [3.8, 4) is 11.3 Å². The smallest absolute Gasteiger partial charge is 0.319 e. The molecule has 2 aromatic carbocycles. The predicted octanol–water partition coefficient (Wildman–Crippen LogP) is 4.96. The van der Waals surface area contributed by atoms with Crippen LogP contribution in [-0.4, -0.2) is 22.5 Å². The molecule has 4 aromatic rings. The number of imidazole rings is 1. The number of rotatable bonds is 4. The number of hydrogen-bond donors (Lipinski definition) is 0. The molecule has 4 nitrogen and oxygen atoms in total. The van der Waals surface area contributed by atoms with Gasteiger partial charge in [0.05, 0.1) is 18.5 Å². The van der Waals surface area contributed by atoms with Crippen LogP contribution in [0.25, 0.3) is 16.9 Å². The number of carbonyl (C=O) groups excluding carboxylic acids is 1. The van der Waals surface area contributed by atoms with E-state index in [9.17, 15) is 4.79 Å². The lowest BCUT2D eigenvalue weighted by atomic mass is 9.92. The number of methoxy groups -OCH3 is 1. The second-order valence-electron chi connectivity index (χ2n) is 6.15. The molecule has 0 saturated carbocycles. The first kappa shape index (κ1) is 17.3. The number of carbonyl (C=O) groups is 1. The molecule has 27 heavy (non-hydrogen) atoms. The molecule has 0 aliphatic heterocycles. The zero-order valence-electron chi connectivity index (χ0n) is 14.7. The van der Waals surface area contributed by atoms with E-state index in [0.717, 1.165) is 28.2 Å². The molecule has 0 aliphatic carbocycles. The maximum absolute atomic E-state index is 12.8. The molecule has 1 atom stereocenters. The third-order valence-corrected chi connectivity index (χ3v) is 4.74. The van der Waals surface area contributed by atoms with Crippen molar-refractivity contribution < 1.29 is 9.53 Å². The van der Waals surface area contributed by atoms with Gasteiger partial charge in [-0.1, -0.05) is 60.1 Å². The van der Waals surface area contributed by atoms with E-state index in [1.807, 2.05) is 71.3 Å². The zero-order chi connectivity index (χ0) is 18.8. The van der Waals surface area contributed by atoms with Crippen LogP contribution in [0.3, 0.4) is 0 Å². The van der Waals surface area contributed by atoms with Crippen LogP contribution in [0.2, 0.25) is 5.02 Å². The highest BCUT2D eigenvalue weighted by Gasteiger charge is 2.31. The molecule has 0 spiro atoms. The number of benzene rings is 2. The number of ether oxygens (including phenoxy) is 1. The SMILES string of the molecule is COC(=O)C(c1cccc(Cl)c1)c1c(-c2ccccc2)nc2ccccn12. The normalized spacial score (nSPS) is 12.1. The van der Waals surface area contributed by atoms with Crippen molar-refractivity contribution in [2.75, 3.05) is 7.11 Å². The van der Waals surface area contributed by atoms with Crippen molar-refractivity contribution in [3.63, 3.8) is 0 Å². The van der Waals surface area contributed by atoms with E-state index in [2.05, 4.69) is 0 Å². The maximum atomic E-state index is 12.8. The molecular formula is C22H17ClN2O2. The molecule has 0 radical (unpaired) electrons. The lowest BCUT2D eigenvalue weighted by Gasteiger charge is -2.17. The van der Waals surface area contributed by atoms with E-state index in [-0.39, 0.29) is 5.97 Å². The van der Waals surface area contributed by atoms with Crippen LogP contribution in [0.15, 0.2) is 79.0 Å². The summed E-state index contributed by atoms with van der Waals surface area (Å²) in [5.41, 5.74) is 3.97. The summed E-state index contributed by atoms with van der Waals surface area (Å²) < 4.78 is 7.08. The highest BCUT2D eigenvalue weighted by molar-refractivity contribution is 6.30. The van der Waals surface area contributed by atoms with Gasteiger partial charge in [0.2, 0.25) is 0 Å². The highest BCUT2D eigenvalue weighted by atomic mass is 35.5. The molecule has 0 saturated heterocycles. The lowest BCUT2D eigenvalue weighted by molar-refractivity contribution is -0.141. The zero-order valence-corrected chi connectivity index (χ0v) is 15.4. The molecule has 1 unspecified atom stereocenters. The van der Waals surface area contributed by atoms with Crippen molar-refractivity contribution in [3.05, 3.63) is 95.3 Å². The predicted molar refractivity (Wildman–Crippen MR) is 106 cm³/mol. The van der Waals surface area contributed by atoms with E-state index < -0.39 is 5.92 Å². The van der Waals surface area contributed by atoms with Gasteiger partial charge < -0.3 is 9.14 Å². The van der Waals surface area contributed by atoms with Crippen molar-refractivity contribution in [2.45, 2.75) is 5.92 Å². The third kappa shape index (κ3) is 3.20. The molecule has 2 heterocycles. The van der Waals surface area contributed by atoms with Gasteiger partial charge in [-0.3, -0.25) is 4.79 Å². The van der Waals surface area contributed by atoms with Gasteiger partial charge in [0.1, 0.15) is 11.6 Å². The molecule has 0 amide bonds. The number of nitrogens with zero attached hydrogens (tertiary/aromatic N) is 2. The Morgan fingerprint density at radius 2 is 1.81 bits per heavy atom. The number of esters is 1. The Kier molecular flexibility index (Phi) is 4.65. The maximum Gasteiger partial charge on any atom is 0.319 e. The molecule has 4 rings (SSSR count). The largest absolute Gasteiger partial charge is 0.468 e. The summed E-state index contributed by atoms with van der Waals surface area (Å²) >= 11 is 6.20. The molecule has 134 valence electrons. The average Bonchev–Trinajstić information content (AvgIpc) is 3.08. The van der Waals surface area contributed by atoms with Gasteiger partial charge in [-0.05, 0) is 29.8 Å². The third-order valence-electron chi connectivity index (χ3n) is 4.51. The summed E-state index contributed by atoms with van der Waals surface area (Å²) in [5.74, 6) is -1.01. The van der Waals surface area contributed by atoms with Crippen molar-refractivity contribution in [1.82, 2.24) is 9.38 Å². The molecule has 0 aliphatic rings. The number of aromatic nitrogens is 2. The van der Waals surface area contributed by atoms with Gasteiger partial charge in [-0.15, -0.1) is 0 Å². The first-order chi connectivity index (χ1) is 13.2. The second kappa shape index (κ2) is 7.25. The lowest BCUT2D eigenvalue weighted by Crippen LogP contribution is -2.18. The first-order valence-electron chi connectivity index (χ1n) is 8.54. The Hall–Kier alpha value is -3.11. The Labute approximate surface area is 162 Å². The van der Waals surface area contributed by atoms with Crippen molar-refractivity contribution >= 4 is 23.2 Å². The van der Waals surface area contributed by atoms with Crippen LogP contribution in [0, 0.1) is 0 Å². The number of hydrogen-bond acceptors (Lipinski definition) is 3. The summed E-state index contributed by atoms with van der Waals surface area (Å²) in [5, 5.41) is 0.566. The standard InChI is InChI=1S/C22H17ClN2O2/c1-27-22(26)19(16-10-7-11-17(23)14-16)21-20(15-8-3-2-4-9-15)24-18-12-5-6-13-25(18)21/h2-14,19H,1H3. The van der Waals surface area contributed by atoms with E-state index in [1.165, 1.54) is 7.11 Å². The van der Waals surface area contributed by atoms with Gasteiger partial charge in [0.15, 0.2) is 0 Å². The van der Waals surface area contributed by atoms with Gasteiger partial charge in [-0.25, -0.2) is 4.98 Å². The summed E-state index contributed by atoms with van der Waals surface area (Å²) in [6.07, 6.45) is 1.91. The van der Waals surface area contributed by atoms with Crippen LogP contribution in [0.4, 0.5) is 0 Å². The van der Waals surface area contributed by atoms with Crippen molar-refractivity contribution in [2.24, 2.45) is 0 Å². The monoisotopic (exact) mass is 376 g/mol. The Morgan fingerprint density at radius 3 is 2.56 bits per heavy atom. The van der Waals surface area contributed by atoms with Gasteiger partial charge in [-0.2, -0.15) is 0 Å². The minimum absolute atomic E-state index is 0.361. The fourth-order valence-corrected chi connectivity index (χ4v) is 3.51. The number of halogens is 1. The summed E-state index contributed by atoms with van der Waals surface area (Å²) in [6.45, 7) is 0. The van der Waals surface area contributed by atoms with Crippen LogP contribution in [-0.2, 0) is 9.53 Å². The molecule has 0 N–H and O–H groups in total. The topological polar surface area (TPSA) is 43.6 Å². The molecule has 0 bridgehead atoms. The Balaban J connectivity index is 2.03. The van der Waals surface area contributed by atoms with Crippen LogP contribution in [0.5, 0.6) is 0 Å². The summed E-state index contributed by atoms with van der Waals surface area (Å²) in [4.78, 5) is 17.6. The molecule has 5 heteroatoms. The fourth-order valence-electron chi connectivity index (χ4n) is 3.31. The minimum Gasteiger partial charge on any atom is -0.468 e. The van der Waals surface area contributed by atoms with Crippen molar-refractivity contribution in [1.29, 1.82) is 0 Å². The minimum atomic E-state index is -0.652. The van der Waals surface area contributed by atoms with Crippen LogP contribution < -0.4 is 0 Å². The quantitative estimate of drug-likeness (QED) is 0.473. The van der Waals surface area contributed by atoms with Gasteiger partial charge in [0, 0.05) is 16.8 Å². The number of pyridine rings is 1. The van der Waals surface area contributed by atoms with E-state index in [4.69, 9.17) is 21.3 Å². The second-order valence-corrected chi connectivity index (χ2v) is 6.59. The Bertz CT molecular complexity index is 1110. The average molecular weight is 377 g/mol. The number of fused-ring (bicyclic) bond motifs is 1. The van der Waals surface area contributed by atoms with Gasteiger partial charge >= 0.3 is 5.97 Å². The molecule has 0 fully saturated rings. The molecule has 2 aromatic heterocycles. The van der Waals surface area contributed by atoms with Crippen LogP contribution >= 0.6 is 11.6 Å². The summed E-state index contributed by atoms with van der Waals surface area (Å²) in [6, 6.07) is 22.9.